The van der Waals surface area contributed by atoms with E-state index in [1.807, 2.05) is 6.07 Å². The third-order valence-electron chi connectivity index (χ3n) is 6.88. The number of esters is 1. The van der Waals surface area contributed by atoms with Crippen LogP contribution in [0.25, 0.3) is 0 Å². The Morgan fingerprint density at radius 1 is 1.44 bits per heavy atom. The van der Waals surface area contributed by atoms with Gasteiger partial charge in [-0.3, -0.25) is 4.79 Å². The van der Waals surface area contributed by atoms with E-state index in [2.05, 4.69) is 13.0 Å². The van der Waals surface area contributed by atoms with Crippen molar-refractivity contribution in [3.05, 3.63) is 35.8 Å². The number of furan rings is 1. The second-order valence-electron chi connectivity index (χ2n) is 7.79. The zero-order chi connectivity index (χ0) is 17.7. The lowest BCUT2D eigenvalue weighted by Crippen LogP contribution is -2.53. The van der Waals surface area contributed by atoms with E-state index in [1.54, 1.807) is 19.6 Å². The highest BCUT2D eigenvalue weighted by atomic mass is 16.6. The molecule has 1 spiro atoms. The lowest BCUT2D eigenvalue weighted by atomic mass is 9.53. The second-order valence-corrected chi connectivity index (χ2v) is 7.79. The Balaban J connectivity index is 1.74. The van der Waals surface area contributed by atoms with Gasteiger partial charge in [0.2, 0.25) is 0 Å². The molecule has 2 fully saturated rings. The maximum Gasteiger partial charge on any atom is 0.313 e. The molecule has 3 aliphatic rings. The van der Waals surface area contributed by atoms with E-state index in [-0.39, 0.29) is 30.5 Å². The molecule has 0 aromatic carbocycles. The Labute approximate surface area is 148 Å². The lowest BCUT2D eigenvalue weighted by molar-refractivity contribution is -0.156. The standard InChI is InChI=1S/C20H26O5/c1-13-5-6-15-16(4-3-8-19(15,12-21)23-2)20(13)10-17(25-18(20)22)14-7-9-24-11-14/h6-7,9,11,13,16-17,21H,3-5,8,10,12H2,1-2H3/t13-,16+,17+,19-,20-/m1/s1. The summed E-state index contributed by atoms with van der Waals surface area (Å²) >= 11 is 0. The first-order chi connectivity index (χ1) is 12.1. The number of fused-ring (bicyclic) bond motifs is 2. The molecule has 5 nitrogen and oxygen atoms in total. The summed E-state index contributed by atoms with van der Waals surface area (Å²) in [5.41, 5.74) is 0.839. The number of cyclic esters (lactones) is 1. The van der Waals surface area contributed by atoms with Gasteiger partial charge in [-0.25, -0.2) is 0 Å². The third-order valence-corrected chi connectivity index (χ3v) is 6.88. The van der Waals surface area contributed by atoms with Gasteiger partial charge in [-0.2, -0.15) is 0 Å². The molecule has 2 heterocycles. The number of carbonyl (C=O) groups excluding carboxylic acids is 1. The number of methoxy groups -OCH3 is 1. The molecule has 25 heavy (non-hydrogen) atoms. The van der Waals surface area contributed by atoms with Gasteiger partial charge in [0.25, 0.3) is 0 Å². The van der Waals surface area contributed by atoms with E-state index in [0.29, 0.717) is 6.42 Å². The van der Waals surface area contributed by atoms with Crippen molar-refractivity contribution in [2.75, 3.05) is 13.7 Å². The van der Waals surface area contributed by atoms with Crippen LogP contribution in [0.15, 0.2) is 34.7 Å². The predicted molar refractivity (Wildman–Crippen MR) is 90.6 cm³/mol. The summed E-state index contributed by atoms with van der Waals surface area (Å²) in [6.45, 7) is 2.10. The molecule has 136 valence electrons. The largest absolute Gasteiger partial charge is 0.472 e. The number of carbonyl (C=O) groups is 1. The van der Waals surface area contributed by atoms with Crippen molar-refractivity contribution >= 4 is 5.97 Å². The zero-order valence-corrected chi connectivity index (χ0v) is 14.9. The van der Waals surface area contributed by atoms with Gasteiger partial charge in [0.05, 0.1) is 24.5 Å². The Bertz CT molecular complexity index is 672. The van der Waals surface area contributed by atoms with E-state index < -0.39 is 11.0 Å². The van der Waals surface area contributed by atoms with Gasteiger partial charge >= 0.3 is 5.97 Å². The van der Waals surface area contributed by atoms with Gasteiger partial charge in [0, 0.05) is 19.1 Å². The maximum atomic E-state index is 13.1. The molecular weight excluding hydrogens is 320 g/mol. The van der Waals surface area contributed by atoms with Crippen molar-refractivity contribution in [3.8, 4) is 0 Å². The summed E-state index contributed by atoms with van der Waals surface area (Å²) in [5, 5.41) is 10.1. The molecule has 0 amide bonds. The lowest BCUT2D eigenvalue weighted by Gasteiger charge is -2.51. The summed E-state index contributed by atoms with van der Waals surface area (Å²) < 4.78 is 16.8. The minimum atomic E-state index is -0.649. The molecule has 1 saturated carbocycles. The van der Waals surface area contributed by atoms with Crippen molar-refractivity contribution in [1.29, 1.82) is 0 Å². The van der Waals surface area contributed by atoms with E-state index >= 15 is 0 Å². The highest BCUT2D eigenvalue weighted by molar-refractivity contribution is 5.81. The molecule has 1 N–H and O–H groups in total. The first-order valence-electron chi connectivity index (χ1n) is 9.17. The molecule has 0 unspecified atom stereocenters. The van der Waals surface area contributed by atoms with Crippen molar-refractivity contribution in [2.45, 2.75) is 50.7 Å². The molecule has 2 aliphatic carbocycles. The van der Waals surface area contributed by atoms with Gasteiger partial charge in [-0.1, -0.05) is 13.0 Å². The number of aliphatic hydroxyl groups is 1. The Kier molecular flexibility index (Phi) is 4.04. The van der Waals surface area contributed by atoms with Crippen molar-refractivity contribution in [3.63, 3.8) is 0 Å². The number of ether oxygens (including phenoxy) is 2. The fourth-order valence-electron chi connectivity index (χ4n) is 5.39. The molecule has 5 heteroatoms. The molecule has 1 aliphatic heterocycles. The van der Waals surface area contributed by atoms with Crippen LogP contribution in [0.2, 0.25) is 0 Å². The molecule has 1 aromatic rings. The number of hydrogen-bond acceptors (Lipinski definition) is 5. The summed E-state index contributed by atoms with van der Waals surface area (Å²) in [6.07, 6.45) is 9.39. The smallest absolute Gasteiger partial charge is 0.313 e. The van der Waals surface area contributed by atoms with Crippen LogP contribution in [-0.4, -0.2) is 30.4 Å². The Hall–Kier alpha value is -1.59. The monoisotopic (exact) mass is 346 g/mol. The summed E-state index contributed by atoms with van der Waals surface area (Å²) in [4.78, 5) is 13.1. The normalized spacial score (nSPS) is 40.7. The molecule has 0 radical (unpaired) electrons. The van der Waals surface area contributed by atoms with E-state index in [4.69, 9.17) is 13.9 Å². The van der Waals surface area contributed by atoms with Gasteiger partial charge in [-0.15, -0.1) is 0 Å². The molecular formula is C20H26O5. The minimum Gasteiger partial charge on any atom is -0.472 e. The van der Waals surface area contributed by atoms with Crippen molar-refractivity contribution in [2.24, 2.45) is 17.3 Å². The Morgan fingerprint density at radius 2 is 2.28 bits per heavy atom. The molecule has 0 bridgehead atoms. The molecule has 4 rings (SSSR count). The quantitative estimate of drug-likeness (QED) is 0.671. The molecule has 5 atom stereocenters. The van der Waals surface area contributed by atoms with Crippen LogP contribution in [0.3, 0.4) is 0 Å². The average Bonchev–Trinajstić information content (AvgIpc) is 3.27. The number of rotatable bonds is 3. The Morgan fingerprint density at radius 3 is 2.96 bits per heavy atom. The van der Waals surface area contributed by atoms with Crippen LogP contribution in [0.1, 0.15) is 50.7 Å². The summed E-state index contributed by atoms with van der Waals surface area (Å²) in [5.74, 6) is 0.171. The highest BCUT2D eigenvalue weighted by Gasteiger charge is 2.62. The van der Waals surface area contributed by atoms with Crippen LogP contribution >= 0.6 is 0 Å². The predicted octanol–water partition coefficient (Wildman–Crippen LogP) is 3.40. The third kappa shape index (κ3) is 2.25. The fourth-order valence-corrected chi connectivity index (χ4v) is 5.39. The van der Waals surface area contributed by atoms with Gasteiger partial charge in [-0.05, 0) is 49.2 Å². The molecule has 1 aromatic heterocycles. The summed E-state index contributed by atoms with van der Waals surface area (Å²) in [6, 6.07) is 1.87. The van der Waals surface area contributed by atoms with Gasteiger partial charge in [0.1, 0.15) is 11.7 Å². The van der Waals surface area contributed by atoms with Crippen LogP contribution in [0.4, 0.5) is 0 Å². The first-order valence-corrected chi connectivity index (χ1v) is 9.17. The van der Waals surface area contributed by atoms with E-state index in [1.165, 1.54) is 0 Å². The van der Waals surface area contributed by atoms with Crippen LogP contribution in [0.5, 0.6) is 0 Å². The minimum absolute atomic E-state index is 0.0451. The fraction of sp³-hybridized carbons (Fsp3) is 0.650. The van der Waals surface area contributed by atoms with E-state index in [9.17, 15) is 9.90 Å². The average molecular weight is 346 g/mol. The van der Waals surface area contributed by atoms with E-state index in [0.717, 1.165) is 36.8 Å². The second kappa shape index (κ2) is 5.99. The van der Waals surface area contributed by atoms with Crippen molar-refractivity contribution < 1.29 is 23.8 Å². The number of hydrogen-bond donors (Lipinski definition) is 1. The topological polar surface area (TPSA) is 68.9 Å². The highest BCUT2D eigenvalue weighted by Crippen LogP contribution is 2.61. The first kappa shape index (κ1) is 16.9. The number of allylic oxidation sites excluding steroid dienone is 1. The van der Waals surface area contributed by atoms with Crippen LogP contribution in [-0.2, 0) is 14.3 Å². The van der Waals surface area contributed by atoms with Gasteiger partial charge < -0.3 is 19.0 Å². The van der Waals surface area contributed by atoms with Crippen molar-refractivity contribution in [1.82, 2.24) is 0 Å². The summed E-state index contributed by atoms with van der Waals surface area (Å²) in [7, 11) is 1.66. The van der Waals surface area contributed by atoms with Crippen LogP contribution < -0.4 is 0 Å². The maximum absolute atomic E-state index is 13.1. The van der Waals surface area contributed by atoms with Crippen LogP contribution in [0, 0.1) is 17.3 Å². The SMILES string of the molecule is CO[C@@]1(CO)CCC[C@H]2C1=CC[C@@H](C)[C@]21C[C@@H](c2ccoc2)OC1=O. The number of aliphatic hydroxyl groups excluding tert-OH is 1. The zero-order valence-electron chi connectivity index (χ0n) is 14.9. The molecule has 1 saturated heterocycles. The van der Waals surface area contributed by atoms with Gasteiger partial charge in [0.15, 0.2) is 0 Å².